The SMILES string of the molecule is COc1cccc(C2CCN(c3cc(C)c(C)nn3)CC2)c1. The Labute approximate surface area is 132 Å². The van der Waals surface area contributed by atoms with E-state index in [1.54, 1.807) is 7.11 Å². The van der Waals surface area contributed by atoms with Gasteiger partial charge in [0.1, 0.15) is 5.75 Å². The van der Waals surface area contributed by atoms with Gasteiger partial charge in [0, 0.05) is 13.1 Å². The minimum atomic E-state index is 0.603. The van der Waals surface area contributed by atoms with Crippen LogP contribution in [0.3, 0.4) is 0 Å². The zero-order valence-electron chi connectivity index (χ0n) is 13.5. The summed E-state index contributed by atoms with van der Waals surface area (Å²) in [4.78, 5) is 2.34. The molecule has 0 N–H and O–H groups in total. The lowest BCUT2D eigenvalue weighted by Gasteiger charge is -2.33. The quantitative estimate of drug-likeness (QED) is 0.869. The molecule has 0 bridgehead atoms. The van der Waals surface area contributed by atoms with E-state index in [1.807, 2.05) is 13.0 Å². The van der Waals surface area contributed by atoms with Crippen LogP contribution in [0.1, 0.15) is 35.6 Å². The summed E-state index contributed by atoms with van der Waals surface area (Å²) >= 11 is 0. The number of benzene rings is 1. The molecule has 2 heterocycles. The first-order valence-corrected chi connectivity index (χ1v) is 7.87. The highest BCUT2D eigenvalue weighted by Gasteiger charge is 2.22. The second-order valence-corrected chi connectivity index (χ2v) is 6.01. The summed E-state index contributed by atoms with van der Waals surface area (Å²) in [6.07, 6.45) is 2.28. The van der Waals surface area contributed by atoms with Gasteiger partial charge in [0.25, 0.3) is 0 Å². The summed E-state index contributed by atoms with van der Waals surface area (Å²) in [5.74, 6) is 2.55. The van der Waals surface area contributed by atoms with E-state index in [0.717, 1.165) is 43.2 Å². The third-order valence-electron chi connectivity index (χ3n) is 4.60. The van der Waals surface area contributed by atoms with Crippen LogP contribution in [0.4, 0.5) is 5.82 Å². The average molecular weight is 297 g/mol. The molecule has 1 fully saturated rings. The van der Waals surface area contributed by atoms with Gasteiger partial charge in [-0.05, 0) is 61.9 Å². The Balaban J connectivity index is 1.68. The van der Waals surface area contributed by atoms with Crippen molar-refractivity contribution < 1.29 is 4.74 Å². The van der Waals surface area contributed by atoms with Gasteiger partial charge in [-0.15, -0.1) is 5.10 Å². The third kappa shape index (κ3) is 3.06. The summed E-state index contributed by atoms with van der Waals surface area (Å²) in [5.41, 5.74) is 3.60. The molecule has 0 amide bonds. The predicted molar refractivity (Wildman–Crippen MR) is 88.7 cm³/mol. The van der Waals surface area contributed by atoms with E-state index in [4.69, 9.17) is 4.74 Å². The Morgan fingerprint density at radius 1 is 1.09 bits per heavy atom. The van der Waals surface area contributed by atoms with Gasteiger partial charge in [0.05, 0.1) is 12.8 Å². The van der Waals surface area contributed by atoms with Crippen LogP contribution < -0.4 is 9.64 Å². The minimum absolute atomic E-state index is 0.603. The third-order valence-corrected chi connectivity index (χ3v) is 4.60. The number of piperidine rings is 1. The fraction of sp³-hybridized carbons (Fsp3) is 0.444. The highest BCUT2D eigenvalue weighted by Crippen LogP contribution is 2.31. The zero-order valence-corrected chi connectivity index (χ0v) is 13.5. The fourth-order valence-electron chi connectivity index (χ4n) is 3.02. The van der Waals surface area contributed by atoms with Crippen LogP contribution >= 0.6 is 0 Å². The number of aryl methyl sites for hydroxylation is 2. The van der Waals surface area contributed by atoms with Crippen molar-refractivity contribution in [3.63, 3.8) is 0 Å². The highest BCUT2D eigenvalue weighted by molar-refractivity contribution is 5.42. The summed E-state index contributed by atoms with van der Waals surface area (Å²) in [6, 6.07) is 10.6. The van der Waals surface area contributed by atoms with Gasteiger partial charge in [-0.2, -0.15) is 5.10 Å². The molecule has 1 aliphatic heterocycles. The van der Waals surface area contributed by atoms with Crippen molar-refractivity contribution in [2.45, 2.75) is 32.6 Å². The Bertz CT molecular complexity index is 649. The molecule has 2 aromatic rings. The fourth-order valence-corrected chi connectivity index (χ4v) is 3.02. The Kier molecular flexibility index (Phi) is 4.27. The molecule has 1 aliphatic rings. The van der Waals surface area contributed by atoms with E-state index in [9.17, 15) is 0 Å². The summed E-state index contributed by atoms with van der Waals surface area (Å²) in [5, 5.41) is 8.59. The van der Waals surface area contributed by atoms with Crippen molar-refractivity contribution in [2.75, 3.05) is 25.1 Å². The topological polar surface area (TPSA) is 38.2 Å². The average Bonchev–Trinajstić information content (AvgIpc) is 2.57. The molecule has 1 aromatic carbocycles. The second-order valence-electron chi connectivity index (χ2n) is 6.01. The van der Waals surface area contributed by atoms with Crippen molar-refractivity contribution in [3.8, 4) is 5.75 Å². The van der Waals surface area contributed by atoms with Crippen LogP contribution in [-0.2, 0) is 0 Å². The molecule has 0 unspecified atom stereocenters. The van der Waals surface area contributed by atoms with E-state index < -0.39 is 0 Å². The molecule has 1 aromatic heterocycles. The number of rotatable bonds is 3. The molecular formula is C18H23N3O. The minimum Gasteiger partial charge on any atom is -0.497 e. The van der Waals surface area contributed by atoms with Crippen LogP contribution in [0.25, 0.3) is 0 Å². The Morgan fingerprint density at radius 2 is 1.86 bits per heavy atom. The van der Waals surface area contributed by atoms with Gasteiger partial charge in [-0.1, -0.05) is 12.1 Å². The van der Waals surface area contributed by atoms with Crippen LogP contribution in [-0.4, -0.2) is 30.4 Å². The van der Waals surface area contributed by atoms with Crippen LogP contribution in [0.5, 0.6) is 5.75 Å². The number of nitrogens with zero attached hydrogens (tertiary/aromatic N) is 3. The summed E-state index contributed by atoms with van der Waals surface area (Å²) < 4.78 is 5.33. The van der Waals surface area contributed by atoms with Gasteiger partial charge in [0.15, 0.2) is 5.82 Å². The molecule has 4 nitrogen and oxygen atoms in total. The Hall–Kier alpha value is -2.10. The number of anilines is 1. The van der Waals surface area contributed by atoms with Gasteiger partial charge in [-0.25, -0.2) is 0 Å². The molecule has 0 atom stereocenters. The number of ether oxygens (including phenoxy) is 1. The van der Waals surface area contributed by atoms with Crippen LogP contribution in [0, 0.1) is 13.8 Å². The Morgan fingerprint density at radius 3 is 2.55 bits per heavy atom. The smallest absolute Gasteiger partial charge is 0.151 e. The predicted octanol–water partition coefficient (Wildman–Crippen LogP) is 3.49. The maximum absolute atomic E-state index is 5.33. The molecule has 4 heteroatoms. The molecule has 0 saturated carbocycles. The van der Waals surface area contributed by atoms with Gasteiger partial charge in [0.2, 0.25) is 0 Å². The van der Waals surface area contributed by atoms with Crippen molar-refractivity contribution in [2.24, 2.45) is 0 Å². The maximum atomic E-state index is 5.33. The van der Waals surface area contributed by atoms with Gasteiger partial charge >= 0.3 is 0 Å². The lowest BCUT2D eigenvalue weighted by Crippen LogP contribution is -2.33. The van der Waals surface area contributed by atoms with E-state index in [2.05, 4.69) is 46.3 Å². The number of aromatic nitrogens is 2. The van der Waals surface area contributed by atoms with Gasteiger partial charge < -0.3 is 9.64 Å². The first-order valence-electron chi connectivity index (χ1n) is 7.87. The van der Waals surface area contributed by atoms with Crippen molar-refractivity contribution in [1.82, 2.24) is 10.2 Å². The monoisotopic (exact) mass is 297 g/mol. The molecule has 0 radical (unpaired) electrons. The van der Waals surface area contributed by atoms with E-state index in [1.165, 1.54) is 11.1 Å². The largest absolute Gasteiger partial charge is 0.497 e. The number of hydrogen-bond donors (Lipinski definition) is 0. The van der Waals surface area contributed by atoms with Crippen LogP contribution in [0.15, 0.2) is 30.3 Å². The first-order chi connectivity index (χ1) is 10.7. The molecule has 3 rings (SSSR count). The summed E-state index contributed by atoms with van der Waals surface area (Å²) in [6.45, 7) is 6.15. The maximum Gasteiger partial charge on any atom is 0.151 e. The van der Waals surface area contributed by atoms with E-state index in [-0.39, 0.29) is 0 Å². The van der Waals surface area contributed by atoms with E-state index in [0.29, 0.717) is 5.92 Å². The lowest BCUT2D eigenvalue weighted by atomic mass is 9.89. The van der Waals surface area contributed by atoms with Crippen molar-refractivity contribution in [3.05, 3.63) is 47.2 Å². The molecule has 0 spiro atoms. The van der Waals surface area contributed by atoms with Crippen molar-refractivity contribution in [1.29, 1.82) is 0 Å². The molecule has 1 saturated heterocycles. The molecule has 0 aliphatic carbocycles. The lowest BCUT2D eigenvalue weighted by molar-refractivity contribution is 0.412. The molecular weight excluding hydrogens is 274 g/mol. The number of hydrogen-bond acceptors (Lipinski definition) is 4. The standard InChI is InChI=1S/C18H23N3O/c1-13-11-18(20-19-14(13)2)21-9-7-15(8-10-21)16-5-4-6-17(12-16)22-3/h4-6,11-12,15H,7-10H2,1-3H3. The normalized spacial score (nSPS) is 15.9. The number of methoxy groups -OCH3 is 1. The molecule has 116 valence electrons. The van der Waals surface area contributed by atoms with E-state index >= 15 is 0 Å². The molecule has 22 heavy (non-hydrogen) atoms. The highest BCUT2D eigenvalue weighted by atomic mass is 16.5. The summed E-state index contributed by atoms with van der Waals surface area (Å²) in [7, 11) is 1.72. The zero-order chi connectivity index (χ0) is 15.5. The van der Waals surface area contributed by atoms with Crippen molar-refractivity contribution >= 4 is 5.82 Å². The van der Waals surface area contributed by atoms with Gasteiger partial charge in [-0.3, -0.25) is 0 Å². The second kappa shape index (κ2) is 6.34. The first kappa shape index (κ1) is 14.8. The van der Waals surface area contributed by atoms with Crippen LogP contribution in [0.2, 0.25) is 0 Å².